The van der Waals surface area contributed by atoms with E-state index < -0.39 is 5.97 Å². The zero-order valence-corrected chi connectivity index (χ0v) is 11.2. The highest BCUT2D eigenvalue weighted by Gasteiger charge is 2.03. The first-order chi connectivity index (χ1) is 10.2. The highest BCUT2D eigenvalue weighted by atomic mass is 16.5. The molecule has 106 valence electrons. The molecule has 2 rings (SSSR count). The number of carbonyl (C=O) groups is 2. The van der Waals surface area contributed by atoms with Gasteiger partial charge in [-0.05, 0) is 29.3 Å². The van der Waals surface area contributed by atoms with Gasteiger partial charge in [0.1, 0.15) is 12.4 Å². The van der Waals surface area contributed by atoms with Gasteiger partial charge in [-0.1, -0.05) is 36.4 Å². The summed E-state index contributed by atoms with van der Waals surface area (Å²) >= 11 is 0. The Morgan fingerprint density at radius 2 is 1.86 bits per heavy atom. The minimum Gasteiger partial charge on any atom is -0.489 e. The Morgan fingerprint density at radius 1 is 1.10 bits per heavy atom. The van der Waals surface area contributed by atoms with Gasteiger partial charge < -0.3 is 9.84 Å². The van der Waals surface area contributed by atoms with Crippen LogP contribution in [0.25, 0.3) is 6.08 Å². The highest BCUT2D eigenvalue weighted by molar-refractivity contribution is 5.89. The van der Waals surface area contributed by atoms with Crippen molar-refractivity contribution in [1.29, 1.82) is 0 Å². The van der Waals surface area contributed by atoms with E-state index in [4.69, 9.17) is 9.84 Å². The number of hydrogen-bond acceptors (Lipinski definition) is 3. The Labute approximate surface area is 122 Å². The van der Waals surface area contributed by atoms with Crippen LogP contribution < -0.4 is 4.74 Å². The third-order valence-electron chi connectivity index (χ3n) is 2.84. The molecule has 1 N–H and O–H groups in total. The van der Waals surface area contributed by atoms with Crippen LogP contribution in [0.4, 0.5) is 0 Å². The standard InChI is InChI=1S/C17H14O4/c18-11-15-10-16(8-6-14(15)7-9-17(19)20)21-12-13-4-2-1-3-5-13/h1-11H,12H2,(H,19,20). The van der Waals surface area contributed by atoms with E-state index in [1.54, 1.807) is 18.2 Å². The summed E-state index contributed by atoms with van der Waals surface area (Å²) in [4.78, 5) is 21.6. The topological polar surface area (TPSA) is 63.6 Å². The van der Waals surface area contributed by atoms with Gasteiger partial charge in [0.2, 0.25) is 0 Å². The minimum absolute atomic E-state index is 0.387. The van der Waals surface area contributed by atoms with Crippen molar-refractivity contribution in [2.24, 2.45) is 0 Å². The zero-order valence-electron chi connectivity index (χ0n) is 11.2. The molecular weight excluding hydrogens is 268 g/mol. The first-order valence-electron chi connectivity index (χ1n) is 6.36. The van der Waals surface area contributed by atoms with Gasteiger partial charge in [-0.3, -0.25) is 4.79 Å². The number of ether oxygens (including phenoxy) is 1. The van der Waals surface area contributed by atoms with Crippen molar-refractivity contribution in [3.63, 3.8) is 0 Å². The molecule has 2 aromatic carbocycles. The Hall–Kier alpha value is -2.88. The maximum atomic E-state index is 11.1. The summed E-state index contributed by atoms with van der Waals surface area (Å²) in [6.45, 7) is 0.406. The molecule has 0 aliphatic rings. The Balaban J connectivity index is 2.11. The molecule has 0 heterocycles. The molecule has 0 aromatic heterocycles. The molecule has 0 aliphatic heterocycles. The average molecular weight is 282 g/mol. The summed E-state index contributed by atoms with van der Waals surface area (Å²) in [6, 6.07) is 14.6. The lowest BCUT2D eigenvalue weighted by Crippen LogP contribution is -1.97. The number of carboxylic acid groups (broad SMARTS) is 1. The zero-order chi connectivity index (χ0) is 15.1. The number of carbonyl (C=O) groups excluding carboxylic acids is 1. The van der Waals surface area contributed by atoms with Crippen molar-refractivity contribution in [3.8, 4) is 5.75 Å². The van der Waals surface area contributed by atoms with Gasteiger partial charge >= 0.3 is 5.97 Å². The normalized spacial score (nSPS) is 10.5. The van der Waals surface area contributed by atoms with E-state index in [1.165, 1.54) is 6.08 Å². The van der Waals surface area contributed by atoms with E-state index in [1.807, 2.05) is 30.3 Å². The maximum absolute atomic E-state index is 11.1. The molecular formula is C17H14O4. The molecule has 0 saturated heterocycles. The third kappa shape index (κ3) is 4.31. The van der Waals surface area contributed by atoms with Crippen LogP contribution in [0.5, 0.6) is 5.75 Å². The molecule has 0 bridgehead atoms. The molecule has 4 nitrogen and oxygen atoms in total. The number of aldehydes is 1. The predicted octanol–water partition coefficient (Wildman–Crippen LogP) is 3.18. The van der Waals surface area contributed by atoms with Crippen molar-refractivity contribution < 1.29 is 19.4 Å². The second-order valence-electron chi connectivity index (χ2n) is 4.35. The Morgan fingerprint density at radius 3 is 2.52 bits per heavy atom. The van der Waals surface area contributed by atoms with Crippen LogP contribution in [0.3, 0.4) is 0 Å². The highest BCUT2D eigenvalue weighted by Crippen LogP contribution is 2.19. The number of hydrogen-bond donors (Lipinski definition) is 1. The van der Waals surface area contributed by atoms with Gasteiger partial charge in [0.05, 0.1) is 0 Å². The molecule has 0 fully saturated rings. The van der Waals surface area contributed by atoms with Crippen molar-refractivity contribution in [3.05, 3.63) is 71.3 Å². The van der Waals surface area contributed by atoms with E-state index >= 15 is 0 Å². The summed E-state index contributed by atoms with van der Waals surface area (Å²) < 4.78 is 5.62. The summed E-state index contributed by atoms with van der Waals surface area (Å²) in [7, 11) is 0. The van der Waals surface area contributed by atoms with E-state index in [0.717, 1.165) is 11.6 Å². The fraction of sp³-hybridized carbons (Fsp3) is 0.0588. The van der Waals surface area contributed by atoms with Crippen LogP contribution >= 0.6 is 0 Å². The van der Waals surface area contributed by atoms with Crippen molar-refractivity contribution in [1.82, 2.24) is 0 Å². The lowest BCUT2D eigenvalue weighted by atomic mass is 10.1. The molecule has 0 saturated carbocycles. The molecule has 0 aliphatic carbocycles. The summed E-state index contributed by atoms with van der Waals surface area (Å²) in [5, 5.41) is 8.60. The van der Waals surface area contributed by atoms with Crippen molar-refractivity contribution in [2.45, 2.75) is 6.61 Å². The second-order valence-corrected chi connectivity index (χ2v) is 4.35. The SMILES string of the molecule is O=Cc1cc(OCc2ccccc2)ccc1C=CC(=O)O. The Bertz CT molecular complexity index is 660. The molecule has 0 radical (unpaired) electrons. The Kier molecular flexibility index (Phi) is 4.88. The van der Waals surface area contributed by atoms with E-state index in [2.05, 4.69) is 0 Å². The molecule has 0 atom stereocenters. The van der Waals surface area contributed by atoms with Gasteiger partial charge in [-0.15, -0.1) is 0 Å². The van der Waals surface area contributed by atoms with Crippen LogP contribution in [0, 0.1) is 0 Å². The smallest absolute Gasteiger partial charge is 0.328 e. The van der Waals surface area contributed by atoms with Crippen molar-refractivity contribution >= 4 is 18.3 Å². The van der Waals surface area contributed by atoms with E-state index in [0.29, 0.717) is 29.8 Å². The largest absolute Gasteiger partial charge is 0.489 e. The molecule has 2 aromatic rings. The van der Waals surface area contributed by atoms with Crippen LogP contribution in [-0.2, 0) is 11.4 Å². The summed E-state index contributed by atoms with van der Waals surface area (Å²) in [6.07, 6.45) is 3.05. The predicted molar refractivity (Wildman–Crippen MR) is 79.3 cm³/mol. The summed E-state index contributed by atoms with van der Waals surface area (Å²) in [5.41, 5.74) is 1.96. The second kappa shape index (κ2) is 7.05. The first kappa shape index (κ1) is 14.5. The monoisotopic (exact) mass is 282 g/mol. The lowest BCUT2D eigenvalue weighted by molar-refractivity contribution is -0.131. The van der Waals surface area contributed by atoms with Crippen LogP contribution in [0.2, 0.25) is 0 Å². The number of benzene rings is 2. The average Bonchev–Trinajstić information content (AvgIpc) is 2.52. The number of rotatable bonds is 6. The maximum Gasteiger partial charge on any atom is 0.328 e. The van der Waals surface area contributed by atoms with Crippen molar-refractivity contribution in [2.75, 3.05) is 0 Å². The van der Waals surface area contributed by atoms with Gasteiger partial charge in [0, 0.05) is 11.6 Å². The first-order valence-corrected chi connectivity index (χ1v) is 6.36. The van der Waals surface area contributed by atoms with E-state index in [9.17, 15) is 9.59 Å². The fourth-order valence-electron chi connectivity index (χ4n) is 1.80. The molecule has 0 amide bonds. The van der Waals surface area contributed by atoms with Crippen LogP contribution in [0.15, 0.2) is 54.6 Å². The fourth-order valence-corrected chi connectivity index (χ4v) is 1.80. The lowest BCUT2D eigenvalue weighted by Gasteiger charge is -2.08. The molecule has 0 unspecified atom stereocenters. The number of carboxylic acids is 1. The summed E-state index contributed by atoms with van der Waals surface area (Å²) in [5.74, 6) is -0.496. The minimum atomic E-state index is -1.06. The van der Waals surface area contributed by atoms with Gasteiger partial charge in [0.25, 0.3) is 0 Å². The number of aliphatic carboxylic acids is 1. The molecule has 0 spiro atoms. The molecule has 21 heavy (non-hydrogen) atoms. The van der Waals surface area contributed by atoms with Gasteiger partial charge in [0.15, 0.2) is 6.29 Å². The quantitative estimate of drug-likeness (QED) is 0.653. The van der Waals surface area contributed by atoms with Crippen LogP contribution in [-0.4, -0.2) is 17.4 Å². The van der Waals surface area contributed by atoms with E-state index in [-0.39, 0.29) is 0 Å². The molecule has 4 heteroatoms. The van der Waals surface area contributed by atoms with Crippen LogP contribution in [0.1, 0.15) is 21.5 Å². The van der Waals surface area contributed by atoms with Gasteiger partial charge in [-0.2, -0.15) is 0 Å². The third-order valence-corrected chi connectivity index (χ3v) is 2.84. The van der Waals surface area contributed by atoms with Gasteiger partial charge in [-0.25, -0.2) is 4.79 Å².